The first kappa shape index (κ1) is 17.0. The molecule has 25 heavy (non-hydrogen) atoms. The summed E-state index contributed by atoms with van der Waals surface area (Å²) in [4.78, 5) is 18.4. The van der Waals surface area contributed by atoms with E-state index in [1.165, 1.54) is 0 Å². The summed E-state index contributed by atoms with van der Waals surface area (Å²) < 4.78 is 10.7. The molecule has 0 atom stereocenters. The van der Waals surface area contributed by atoms with Crippen LogP contribution in [0.3, 0.4) is 0 Å². The van der Waals surface area contributed by atoms with Crippen molar-refractivity contribution in [2.45, 2.75) is 6.42 Å². The van der Waals surface area contributed by atoms with Crippen molar-refractivity contribution < 1.29 is 14.3 Å². The van der Waals surface area contributed by atoms with Crippen molar-refractivity contribution in [3.05, 3.63) is 42.2 Å². The van der Waals surface area contributed by atoms with Crippen LogP contribution < -0.4 is 20.1 Å². The van der Waals surface area contributed by atoms with E-state index in [-0.39, 0.29) is 12.7 Å². The van der Waals surface area contributed by atoms with E-state index in [1.54, 1.807) is 18.5 Å². The Hall–Kier alpha value is -2.80. The van der Waals surface area contributed by atoms with Gasteiger partial charge >= 0.3 is 0 Å². The number of hydrogen-bond acceptors (Lipinski definition) is 6. The molecule has 0 bridgehead atoms. The lowest BCUT2D eigenvalue weighted by atomic mass is 10.2. The van der Waals surface area contributed by atoms with Crippen LogP contribution in [0.15, 0.2) is 36.7 Å². The van der Waals surface area contributed by atoms with Crippen molar-refractivity contribution in [2.24, 2.45) is 0 Å². The molecule has 0 radical (unpaired) electrons. The van der Waals surface area contributed by atoms with E-state index < -0.39 is 0 Å². The highest BCUT2D eigenvalue weighted by atomic mass is 16.7. The number of carbonyl (C=O) groups excluding carboxylic acids is 1. The third-order valence-electron chi connectivity index (χ3n) is 3.73. The largest absolute Gasteiger partial charge is 0.454 e. The monoisotopic (exact) mass is 342 g/mol. The molecule has 7 nitrogen and oxygen atoms in total. The molecule has 7 heteroatoms. The number of nitrogens with one attached hydrogen (secondary N) is 2. The first-order chi connectivity index (χ1) is 12.1. The lowest BCUT2D eigenvalue weighted by Crippen LogP contribution is -2.27. The standard InChI is InChI=1S/C18H22N4O3/c1-22(2)7-3-6-20-18(23)13-8-15(11-19-10-13)21-14-4-5-16-17(9-14)25-12-24-16/h4-5,8-11,21H,3,6-7,12H2,1-2H3,(H,20,23). The maximum absolute atomic E-state index is 12.2. The molecule has 2 N–H and O–H groups in total. The Bertz CT molecular complexity index is 749. The molecule has 1 amide bonds. The quantitative estimate of drug-likeness (QED) is 0.752. The number of carbonyl (C=O) groups is 1. The van der Waals surface area contributed by atoms with Gasteiger partial charge in [0.05, 0.1) is 17.4 Å². The van der Waals surface area contributed by atoms with E-state index in [4.69, 9.17) is 9.47 Å². The van der Waals surface area contributed by atoms with Crippen molar-refractivity contribution in [3.8, 4) is 11.5 Å². The van der Waals surface area contributed by atoms with Gasteiger partial charge in [-0.1, -0.05) is 0 Å². The Morgan fingerprint density at radius 1 is 1.16 bits per heavy atom. The number of fused-ring (bicyclic) bond motifs is 1. The molecule has 2 aromatic rings. The molecule has 3 rings (SSSR count). The molecular weight excluding hydrogens is 320 g/mol. The second-order valence-corrected chi connectivity index (χ2v) is 6.07. The minimum atomic E-state index is -0.124. The molecule has 0 aliphatic carbocycles. The van der Waals surface area contributed by atoms with Crippen LogP contribution in [-0.4, -0.2) is 49.8 Å². The predicted molar refractivity (Wildman–Crippen MR) is 95.6 cm³/mol. The number of amides is 1. The first-order valence-corrected chi connectivity index (χ1v) is 8.16. The highest BCUT2D eigenvalue weighted by molar-refractivity contribution is 5.94. The fourth-order valence-electron chi connectivity index (χ4n) is 2.47. The van der Waals surface area contributed by atoms with Crippen molar-refractivity contribution in [1.29, 1.82) is 0 Å². The molecule has 0 saturated heterocycles. The molecule has 1 aliphatic heterocycles. The van der Waals surface area contributed by atoms with Gasteiger partial charge in [0.25, 0.3) is 5.91 Å². The summed E-state index contributed by atoms with van der Waals surface area (Å²) in [7, 11) is 4.02. The zero-order valence-electron chi connectivity index (χ0n) is 14.4. The summed E-state index contributed by atoms with van der Waals surface area (Å²) >= 11 is 0. The van der Waals surface area contributed by atoms with Gasteiger partial charge in [-0.25, -0.2) is 0 Å². The minimum absolute atomic E-state index is 0.124. The molecule has 1 aromatic heterocycles. The van der Waals surface area contributed by atoms with E-state index in [9.17, 15) is 4.79 Å². The van der Waals surface area contributed by atoms with Crippen molar-refractivity contribution in [3.63, 3.8) is 0 Å². The third kappa shape index (κ3) is 4.60. The summed E-state index contributed by atoms with van der Waals surface area (Å²) in [6.07, 6.45) is 4.14. The first-order valence-electron chi connectivity index (χ1n) is 8.16. The highest BCUT2D eigenvalue weighted by Gasteiger charge is 2.13. The van der Waals surface area contributed by atoms with Crippen LogP contribution in [0.4, 0.5) is 11.4 Å². The Labute approximate surface area is 147 Å². The predicted octanol–water partition coefficient (Wildman–Crippen LogP) is 2.24. The van der Waals surface area contributed by atoms with Gasteiger partial charge in [0.1, 0.15) is 0 Å². The van der Waals surface area contributed by atoms with Crippen LogP contribution in [0.5, 0.6) is 11.5 Å². The van der Waals surface area contributed by atoms with Gasteiger partial charge in [-0.15, -0.1) is 0 Å². The fraction of sp³-hybridized carbons (Fsp3) is 0.333. The molecule has 132 valence electrons. The number of aromatic nitrogens is 1. The van der Waals surface area contributed by atoms with Gasteiger partial charge in [-0.05, 0) is 45.3 Å². The number of hydrogen-bond donors (Lipinski definition) is 2. The topological polar surface area (TPSA) is 75.7 Å². The average Bonchev–Trinajstić information content (AvgIpc) is 3.06. The van der Waals surface area contributed by atoms with Gasteiger partial charge in [0, 0.05) is 24.5 Å². The Morgan fingerprint density at radius 3 is 2.84 bits per heavy atom. The smallest absolute Gasteiger partial charge is 0.252 e. The van der Waals surface area contributed by atoms with Crippen LogP contribution in [0.1, 0.15) is 16.8 Å². The van der Waals surface area contributed by atoms with Gasteiger partial charge in [0.2, 0.25) is 6.79 Å². The van der Waals surface area contributed by atoms with Gasteiger partial charge < -0.3 is 25.0 Å². The van der Waals surface area contributed by atoms with E-state index in [2.05, 4.69) is 20.5 Å². The molecule has 2 heterocycles. The molecule has 1 aliphatic rings. The maximum Gasteiger partial charge on any atom is 0.252 e. The minimum Gasteiger partial charge on any atom is -0.454 e. The van der Waals surface area contributed by atoms with Crippen molar-refractivity contribution >= 4 is 17.3 Å². The van der Waals surface area contributed by atoms with Crippen LogP contribution in [0.2, 0.25) is 0 Å². The Kier molecular flexibility index (Phi) is 5.35. The van der Waals surface area contributed by atoms with E-state index in [1.807, 2.05) is 32.3 Å². The second kappa shape index (κ2) is 7.85. The Balaban J connectivity index is 1.60. The van der Waals surface area contributed by atoms with Crippen molar-refractivity contribution in [2.75, 3.05) is 39.3 Å². The lowest BCUT2D eigenvalue weighted by molar-refractivity contribution is 0.0952. The lowest BCUT2D eigenvalue weighted by Gasteiger charge is -2.11. The maximum atomic E-state index is 12.2. The number of ether oxygens (including phenoxy) is 2. The summed E-state index contributed by atoms with van der Waals surface area (Å²) in [5, 5.41) is 6.14. The Morgan fingerprint density at radius 2 is 2.00 bits per heavy atom. The summed E-state index contributed by atoms with van der Waals surface area (Å²) in [6.45, 7) is 1.81. The number of benzene rings is 1. The zero-order valence-corrected chi connectivity index (χ0v) is 14.4. The van der Waals surface area contributed by atoms with Gasteiger partial charge in [-0.2, -0.15) is 0 Å². The van der Waals surface area contributed by atoms with E-state index in [0.717, 1.165) is 30.1 Å². The SMILES string of the molecule is CN(C)CCCNC(=O)c1cncc(Nc2ccc3c(c2)OCO3)c1. The zero-order chi connectivity index (χ0) is 17.6. The summed E-state index contributed by atoms with van der Waals surface area (Å²) in [5.41, 5.74) is 2.10. The number of pyridine rings is 1. The molecule has 0 saturated carbocycles. The molecule has 0 fully saturated rings. The van der Waals surface area contributed by atoms with E-state index in [0.29, 0.717) is 17.9 Å². The van der Waals surface area contributed by atoms with Crippen LogP contribution >= 0.6 is 0 Å². The average molecular weight is 342 g/mol. The number of nitrogens with zero attached hydrogens (tertiary/aromatic N) is 2. The van der Waals surface area contributed by atoms with Crippen LogP contribution in [0, 0.1) is 0 Å². The van der Waals surface area contributed by atoms with Crippen molar-refractivity contribution in [1.82, 2.24) is 15.2 Å². The molecule has 0 spiro atoms. The normalized spacial score (nSPS) is 12.3. The number of anilines is 2. The van der Waals surface area contributed by atoms with Crippen LogP contribution in [-0.2, 0) is 0 Å². The van der Waals surface area contributed by atoms with Gasteiger partial charge in [0.15, 0.2) is 11.5 Å². The van der Waals surface area contributed by atoms with Gasteiger partial charge in [-0.3, -0.25) is 9.78 Å². The van der Waals surface area contributed by atoms with Crippen LogP contribution in [0.25, 0.3) is 0 Å². The molecular formula is C18H22N4O3. The molecule has 0 unspecified atom stereocenters. The summed E-state index contributed by atoms with van der Waals surface area (Å²) in [5.74, 6) is 1.31. The summed E-state index contributed by atoms with van der Waals surface area (Å²) in [6, 6.07) is 7.37. The third-order valence-corrected chi connectivity index (χ3v) is 3.73. The van der Waals surface area contributed by atoms with E-state index >= 15 is 0 Å². The fourth-order valence-corrected chi connectivity index (χ4v) is 2.47. The second-order valence-electron chi connectivity index (χ2n) is 6.07. The highest BCUT2D eigenvalue weighted by Crippen LogP contribution is 2.35. The molecule has 1 aromatic carbocycles. The number of rotatable bonds is 7.